The molecule has 0 spiro atoms. The summed E-state index contributed by atoms with van der Waals surface area (Å²) in [5, 5.41) is 6.06. The molecular weight excluding hydrogens is 420 g/mol. The Balaban J connectivity index is 1.92. The number of anilines is 1. The van der Waals surface area contributed by atoms with Gasteiger partial charge in [0.2, 0.25) is 0 Å². The quantitative estimate of drug-likeness (QED) is 0.457. The Kier molecular flexibility index (Phi) is 6.97. The predicted octanol–water partition coefficient (Wildman–Crippen LogP) is 4.73. The highest BCUT2D eigenvalue weighted by Gasteiger charge is 2.29. The van der Waals surface area contributed by atoms with Crippen LogP contribution in [0.2, 0.25) is 5.02 Å². The van der Waals surface area contributed by atoms with E-state index in [1.165, 1.54) is 12.1 Å². The summed E-state index contributed by atoms with van der Waals surface area (Å²) < 4.78 is 15.9. The monoisotopic (exact) mass is 442 g/mol. The lowest BCUT2D eigenvalue weighted by molar-refractivity contribution is -0.114. The molecule has 0 saturated carbocycles. The normalized spacial score (nSPS) is 14.6. The predicted molar refractivity (Wildman–Crippen MR) is 120 cm³/mol. The molecule has 0 unspecified atom stereocenters. The maximum atomic E-state index is 13.0. The third-order valence-corrected chi connectivity index (χ3v) is 4.81. The van der Waals surface area contributed by atoms with E-state index in [2.05, 4.69) is 5.10 Å². The number of methoxy groups -OCH3 is 1. The third-order valence-electron chi connectivity index (χ3n) is 4.53. The van der Waals surface area contributed by atoms with Gasteiger partial charge in [0.25, 0.3) is 5.91 Å². The van der Waals surface area contributed by atoms with Gasteiger partial charge in [0.15, 0.2) is 11.5 Å². The molecule has 1 aliphatic heterocycles. The van der Waals surface area contributed by atoms with Gasteiger partial charge in [-0.05, 0) is 68.8 Å². The molecule has 0 fully saturated rings. The summed E-state index contributed by atoms with van der Waals surface area (Å²) in [6.07, 6.45) is 1.72. The Morgan fingerprint density at radius 2 is 1.81 bits per heavy atom. The summed E-state index contributed by atoms with van der Waals surface area (Å²) in [7, 11) is 1.31. The van der Waals surface area contributed by atoms with E-state index in [-0.39, 0.29) is 5.91 Å². The second-order valence-electron chi connectivity index (χ2n) is 6.59. The highest BCUT2D eigenvalue weighted by atomic mass is 35.5. The van der Waals surface area contributed by atoms with Crippen LogP contribution in [-0.4, -0.2) is 37.9 Å². The van der Waals surface area contributed by atoms with Gasteiger partial charge in [-0.3, -0.25) is 4.79 Å². The summed E-state index contributed by atoms with van der Waals surface area (Å²) >= 11 is 6.39. The molecular formula is C23H23ClN2O5. The van der Waals surface area contributed by atoms with Gasteiger partial charge in [0.05, 0.1) is 47.9 Å². The smallest absolute Gasteiger partial charge is 0.337 e. The van der Waals surface area contributed by atoms with E-state index in [1.807, 2.05) is 13.8 Å². The Bertz CT molecular complexity index is 1060. The Labute approximate surface area is 185 Å². The van der Waals surface area contributed by atoms with Crippen molar-refractivity contribution in [3.05, 3.63) is 58.1 Å². The average Bonchev–Trinajstić information content (AvgIpc) is 3.04. The number of carbonyl (C=O) groups excluding carboxylic acids is 2. The zero-order valence-electron chi connectivity index (χ0n) is 17.8. The SMILES string of the molecule is CCOc1cc(/C=C2/C(=O)N(c3ccc(C(=O)OC)cc3)N=C2C)cc(Cl)c1OCC. The first-order valence-corrected chi connectivity index (χ1v) is 10.2. The first-order chi connectivity index (χ1) is 14.9. The summed E-state index contributed by atoms with van der Waals surface area (Å²) in [5.41, 5.74) is 2.62. The molecule has 8 heteroatoms. The largest absolute Gasteiger partial charge is 0.490 e. The maximum Gasteiger partial charge on any atom is 0.337 e. The lowest BCUT2D eigenvalue weighted by atomic mass is 10.1. The lowest BCUT2D eigenvalue weighted by Gasteiger charge is -2.14. The lowest BCUT2D eigenvalue weighted by Crippen LogP contribution is -2.21. The number of rotatable bonds is 7. The van der Waals surface area contributed by atoms with Crippen molar-refractivity contribution in [2.24, 2.45) is 5.10 Å². The summed E-state index contributed by atoms with van der Waals surface area (Å²) in [4.78, 5) is 24.6. The molecule has 31 heavy (non-hydrogen) atoms. The second-order valence-corrected chi connectivity index (χ2v) is 7.00. The van der Waals surface area contributed by atoms with Crippen LogP contribution in [0.25, 0.3) is 6.08 Å². The molecule has 0 atom stereocenters. The first kappa shape index (κ1) is 22.4. The number of carbonyl (C=O) groups is 2. The van der Waals surface area contributed by atoms with Crippen LogP contribution in [0.1, 0.15) is 36.7 Å². The van der Waals surface area contributed by atoms with Gasteiger partial charge in [0.1, 0.15) is 0 Å². The standard InChI is InChI=1S/C23H23ClN2O5/c1-5-30-20-13-15(12-19(24)21(20)31-6-2)11-18-14(3)25-26(22(18)27)17-9-7-16(8-10-17)23(28)29-4/h7-13H,5-6H2,1-4H3/b18-11+. The van der Waals surface area contributed by atoms with E-state index in [9.17, 15) is 9.59 Å². The van der Waals surface area contributed by atoms with Crippen LogP contribution in [0.5, 0.6) is 11.5 Å². The number of halogens is 1. The fourth-order valence-corrected chi connectivity index (χ4v) is 3.37. The number of hydrogen-bond donors (Lipinski definition) is 0. The molecule has 1 aliphatic rings. The number of ether oxygens (including phenoxy) is 3. The molecule has 7 nitrogen and oxygen atoms in total. The highest BCUT2D eigenvalue weighted by Crippen LogP contribution is 2.37. The van der Waals surface area contributed by atoms with Crippen LogP contribution in [0.3, 0.4) is 0 Å². The minimum absolute atomic E-state index is 0.286. The van der Waals surface area contributed by atoms with Crippen molar-refractivity contribution in [3.8, 4) is 11.5 Å². The van der Waals surface area contributed by atoms with Crippen LogP contribution in [0, 0.1) is 0 Å². The van der Waals surface area contributed by atoms with Crippen molar-refractivity contribution in [1.82, 2.24) is 0 Å². The molecule has 0 aromatic heterocycles. The van der Waals surface area contributed by atoms with Gasteiger partial charge in [-0.15, -0.1) is 0 Å². The average molecular weight is 443 g/mol. The minimum atomic E-state index is -0.447. The molecule has 2 aromatic carbocycles. The van der Waals surface area contributed by atoms with Crippen LogP contribution >= 0.6 is 11.6 Å². The number of amides is 1. The van der Waals surface area contributed by atoms with Crippen molar-refractivity contribution < 1.29 is 23.8 Å². The molecule has 0 N–H and O–H groups in total. The fourth-order valence-electron chi connectivity index (χ4n) is 3.10. The van der Waals surface area contributed by atoms with Gasteiger partial charge in [-0.25, -0.2) is 4.79 Å². The van der Waals surface area contributed by atoms with Crippen LogP contribution in [-0.2, 0) is 9.53 Å². The van der Waals surface area contributed by atoms with Crippen molar-refractivity contribution in [1.29, 1.82) is 0 Å². The van der Waals surface area contributed by atoms with Gasteiger partial charge in [-0.1, -0.05) is 11.6 Å². The molecule has 1 heterocycles. The van der Waals surface area contributed by atoms with Crippen molar-refractivity contribution in [2.75, 3.05) is 25.3 Å². The molecule has 2 aromatic rings. The number of nitrogens with zero attached hydrogens (tertiary/aromatic N) is 2. The molecule has 0 saturated heterocycles. The molecule has 1 amide bonds. The van der Waals surface area contributed by atoms with Gasteiger partial charge >= 0.3 is 5.97 Å². The number of hydrazone groups is 1. The molecule has 0 bridgehead atoms. The van der Waals surface area contributed by atoms with E-state index in [1.54, 1.807) is 49.4 Å². The van der Waals surface area contributed by atoms with E-state index in [0.29, 0.717) is 57.8 Å². The van der Waals surface area contributed by atoms with Crippen LogP contribution in [0.15, 0.2) is 47.1 Å². The number of esters is 1. The Hall–Kier alpha value is -3.32. The molecule has 0 radical (unpaired) electrons. The summed E-state index contributed by atoms with van der Waals surface area (Å²) in [6, 6.07) is 9.96. The van der Waals surface area contributed by atoms with Crippen LogP contribution in [0.4, 0.5) is 5.69 Å². The van der Waals surface area contributed by atoms with Gasteiger partial charge in [0, 0.05) is 0 Å². The highest BCUT2D eigenvalue weighted by molar-refractivity contribution is 6.33. The molecule has 162 valence electrons. The zero-order chi connectivity index (χ0) is 22.5. The summed E-state index contributed by atoms with van der Waals surface area (Å²) in [5.74, 6) is 0.256. The van der Waals surface area contributed by atoms with Crippen molar-refractivity contribution in [2.45, 2.75) is 20.8 Å². The van der Waals surface area contributed by atoms with E-state index in [4.69, 9.17) is 25.8 Å². The van der Waals surface area contributed by atoms with E-state index in [0.717, 1.165) is 0 Å². The minimum Gasteiger partial charge on any atom is -0.490 e. The second kappa shape index (κ2) is 9.66. The number of benzene rings is 2. The Morgan fingerprint density at radius 3 is 2.42 bits per heavy atom. The van der Waals surface area contributed by atoms with Crippen molar-refractivity contribution in [3.63, 3.8) is 0 Å². The summed E-state index contributed by atoms with van der Waals surface area (Å²) in [6.45, 7) is 6.40. The molecule has 3 rings (SSSR count). The maximum absolute atomic E-state index is 13.0. The van der Waals surface area contributed by atoms with Gasteiger partial charge < -0.3 is 14.2 Å². The first-order valence-electron chi connectivity index (χ1n) is 9.78. The van der Waals surface area contributed by atoms with Crippen LogP contribution < -0.4 is 14.5 Å². The third kappa shape index (κ3) is 4.72. The van der Waals surface area contributed by atoms with Gasteiger partial charge in [-0.2, -0.15) is 10.1 Å². The van der Waals surface area contributed by atoms with E-state index >= 15 is 0 Å². The number of hydrogen-bond acceptors (Lipinski definition) is 6. The zero-order valence-corrected chi connectivity index (χ0v) is 18.5. The van der Waals surface area contributed by atoms with Crippen molar-refractivity contribution >= 4 is 41.0 Å². The molecule has 0 aliphatic carbocycles. The van der Waals surface area contributed by atoms with E-state index < -0.39 is 5.97 Å². The fraction of sp³-hybridized carbons (Fsp3) is 0.261. The Morgan fingerprint density at radius 1 is 1.13 bits per heavy atom. The topological polar surface area (TPSA) is 77.4 Å².